The van der Waals surface area contributed by atoms with Gasteiger partial charge in [0.25, 0.3) is 0 Å². The standard InChI is InChI=1S/C23H19FN6O3S.C4H10.C2H6/c1-9-5-30(6-15(9)31)23-28-3-11-12-7-33-8-13(12)16(20(32)18(11)29-23)19-17-10(2-25)22(26)34-21(17)14(24)4-27-19;1-3-4-2;1-2/h3-4,9,15,31-32H,5-8,26H2,1H3;3-4H2,1-2H3;1-2H3. The lowest BCUT2D eigenvalue weighted by Crippen LogP contribution is -2.23. The minimum atomic E-state index is -0.587. The molecule has 2 aliphatic heterocycles. The Morgan fingerprint density at radius 3 is 2.50 bits per heavy atom. The van der Waals surface area contributed by atoms with Gasteiger partial charge in [-0.3, -0.25) is 4.98 Å². The summed E-state index contributed by atoms with van der Waals surface area (Å²) in [6.07, 6.45) is 4.88. The molecule has 1 aromatic carbocycles. The summed E-state index contributed by atoms with van der Waals surface area (Å²) in [4.78, 5) is 15.3. The van der Waals surface area contributed by atoms with Crippen LogP contribution in [0.2, 0.25) is 0 Å². The van der Waals surface area contributed by atoms with E-state index in [0.29, 0.717) is 47.7 Å². The van der Waals surface area contributed by atoms with Crippen molar-refractivity contribution in [3.05, 3.63) is 34.9 Å². The molecule has 9 nitrogen and oxygen atoms in total. The van der Waals surface area contributed by atoms with Gasteiger partial charge in [0.05, 0.1) is 47.0 Å². The molecular weight excluding hydrogens is 531 g/mol. The second-order valence-corrected chi connectivity index (χ2v) is 10.7. The number of rotatable bonds is 3. The third kappa shape index (κ3) is 5.03. The molecule has 40 heavy (non-hydrogen) atoms. The second-order valence-electron chi connectivity index (χ2n) is 9.67. The number of phenols is 1. The summed E-state index contributed by atoms with van der Waals surface area (Å²) in [5, 5.41) is 32.4. The molecule has 212 valence electrons. The zero-order chi connectivity index (χ0) is 29.1. The number of hydrogen-bond donors (Lipinski definition) is 3. The van der Waals surface area contributed by atoms with Crippen LogP contribution in [0.1, 0.15) is 64.2 Å². The Hall–Kier alpha value is -3.59. The van der Waals surface area contributed by atoms with Crippen LogP contribution in [-0.2, 0) is 18.0 Å². The number of aliphatic hydroxyl groups is 1. The van der Waals surface area contributed by atoms with Crippen LogP contribution in [0.4, 0.5) is 15.3 Å². The summed E-state index contributed by atoms with van der Waals surface area (Å²) < 4.78 is 20.5. The fraction of sp³-hybridized carbons (Fsp3) is 0.448. The number of anilines is 2. The number of benzene rings is 1. The Kier molecular flexibility index (Phi) is 9.03. The van der Waals surface area contributed by atoms with E-state index in [1.165, 1.54) is 12.8 Å². The number of nitrogen functional groups attached to an aromatic ring is 1. The summed E-state index contributed by atoms with van der Waals surface area (Å²) in [6.45, 7) is 11.8. The van der Waals surface area contributed by atoms with Crippen LogP contribution < -0.4 is 10.6 Å². The van der Waals surface area contributed by atoms with Crippen molar-refractivity contribution in [3.8, 4) is 23.1 Å². The quantitative estimate of drug-likeness (QED) is 0.277. The Labute approximate surface area is 237 Å². The number of aromatic hydroxyl groups is 1. The van der Waals surface area contributed by atoms with Crippen molar-refractivity contribution < 1.29 is 19.3 Å². The predicted octanol–water partition coefficient (Wildman–Crippen LogP) is 5.88. The normalized spacial score (nSPS) is 17.7. The van der Waals surface area contributed by atoms with E-state index in [9.17, 15) is 19.9 Å². The molecular formula is C29H35FN6O3S. The largest absolute Gasteiger partial charge is 0.505 e. The number of pyridine rings is 1. The molecule has 0 radical (unpaired) electrons. The maximum atomic E-state index is 14.6. The molecule has 0 bridgehead atoms. The van der Waals surface area contributed by atoms with E-state index in [-0.39, 0.29) is 44.6 Å². The van der Waals surface area contributed by atoms with E-state index < -0.39 is 11.9 Å². The van der Waals surface area contributed by atoms with E-state index in [1.54, 1.807) is 6.20 Å². The maximum absolute atomic E-state index is 14.6. The summed E-state index contributed by atoms with van der Waals surface area (Å²) >= 11 is 0.973. The van der Waals surface area contributed by atoms with Gasteiger partial charge in [0, 0.05) is 36.0 Å². The summed E-state index contributed by atoms with van der Waals surface area (Å²) in [6, 6.07) is 2.04. The fourth-order valence-electron chi connectivity index (χ4n) is 4.84. The molecule has 6 rings (SSSR count). The SMILES string of the molecule is CC.CC1CN(c2ncc3c4c(c(-c5ncc(F)c6sc(N)c(C#N)c56)c(O)c3n2)COC4)CC1O.CCCC. The number of aliphatic hydroxyl groups excluding tert-OH is 1. The average molecular weight is 567 g/mol. The van der Waals surface area contributed by atoms with E-state index >= 15 is 0 Å². The van der Waals surface area contributed by atoms with Crippen molar-refractivity contribution in [1.82, 2.24) is 15.0 Å². The van der Waals surface area contributed by atoms with Gasteiger partial charge >= 0.3 is 0 Å². The summed E-state index contributed by atoms with van der Waals surface area (Å²) in [7, 11) is 0. The molecule has 11 heteroatoms. The highest BCUT2D eigenvalue weighted by atomic mass is 32.1. The van der Waals surface area contributed by atoms with Crippen molar-refractivity contribution in [2.45, 2.75) is 66.8 Å². The number of ether oxygens (including phenoxy) is 1. The topological polar surface area (TPSA) is 141 Å². The average Bonchev–Trinajstić information content (AvgIpc) is 3.68. The number of hydrogen-bond acceptors (Lipinski definition) is 10. The summed E-state index contributed by atoms with van der Waals surface area (Å²) in [5.74, 6) is -0.269. The Bertz CT molecular complexity index is 1570. The number of thiophene rings is 1. The number of β-amino-alcohol motifs (C(OH)–C–C–N with tert-alkyl or cyclic N) is 1. The minimum absolute atomic E-state index is 0.0713. The number of nitrogens with zero attached hydrogens (tertiary/aromatic N) is 5. The second kappa shape index (κ2) is 12.3. The van der Waals surface area contributed by atoms with Crippen molar-refractivity contribution in [2.24, 2.45) is 5.92 Å². The van der Waals surface area contributed by atoms with Crippen LogP contribution in [0.3, 0.4) is 0 Å². The highest BCUT2D eigenvalue weighted by Crippen LogP contribution is 2.48. The zero-order valence-electron chi connectivity index (χ0n) is 23.5. The molecule has 0 spiro atoms. The van der Waals surface area contributed by atoms with E-state index in [0.717, 1.165) is 23.1 Å². The van der Waals surface area contributed by atoms with Gasteiger partial charge in [-0.2, -0.15) is 5.26 Å². The number of aromatic nitrogens is 3. The number of halogens is 1. The fourth-order valence-corrected chi connectivity index (χ4v) is 5.76. The number of nitriles is 1. The number of nitrogens with two attached hydrogens (primary N) is 1. The van der Waals surface area contributed by atoms with Crippen LogP contribution >= 0.6 is 11.3 Å². The van der Waals surface area contributed by atoms with E-state index in [2.05, 4.69) is 28.8 Å². The smallest absolute Gasteiger partial charge is 0.226 e. The van der Waals surface area contributed by atoms with Crippen molar-refractivity contribution in [2.75, 3.05) is 23.7 Å². The minimum Gasteiger partial charge on any atom is -0.505 e. The monoisotopic (exact) mass is 566 g/mol. The van der Waals surface area contributed by atoms with Crippen LogP contribution in [0.5, 0.6) is 5.75 Å². The van der Waals surface area contributed by atoms with Crippen molar-refractivity contribution in [1.29, 1.82) is 5.26 Å². The Morgan fingerprint density at radius 1 is 1.18 bits per heavy atom. The lowest BCUT2D eigenvalue weighted by atomic mass is 9.93. The number of fused-ring (bicyclic) bond motifs is 4. The van der Waals surface area contributed by atoms with Crippen LogP contribution in [0.15, 0.2) is 12.4 Å². The molecule has 1 saturated heterocycles. The van der Waals surface area contributed by atoms with E-state index in [1.807, 2.05) is 31.7 Å². The Balaban J connectivity index is 0.000000568. The molecule has 2 unspecified atom stereocenters. The van der Waals surface area contributed by atoms with Gasteiger partial charge < -0.3 is 25.6 Å². The van der Waals surface area contributed by atoms with Crippen LogP contribution in [0, 0.1) is 23.1 Å². The first-order chi connectivity index (χ1) is 19.3. The van der Waals surface area contributed by atoms with Gasteiger partial charge in [-0.15, -0.1) is 11.3 Å². The molecule has 5 heterocycles. The van der Waals surface area contributed by atoms with Gasteiger partial charge in [-0.1, -0.05) is 47.5 Å². The van der Waals surface area contributed by atoms with Crippen molar-refractivity contribution >= 4 is 43.3 Å². The predicted molar refractivity (Wildman–Crippen MR) is 157 cm³/mol. The molecule has 1 fully saturated rings. The molecule has 2 aliphatic rings. The lowest BCUT2D eigenvalue weighted by Gasteiger charge is -2.18. The molecule has 0 amide bonds. The molecule has 2 atom stereocenters. The van der Waals surface area contributed by atoms with Gasteiger partial charge in [-0.25, -0.2) is 14.4 Å². The number of unbranched alkanes of at least 4 members (excludes halogenated alkanes) is 1. The third-order valence-electron chi connectivity index (χ3n) is 7.12. The van der Waals surface area contributed by atoms with Gasteiger partial charge in [0.1, 0.15) is 16.6 Å². The van der Waals surface area contributed by atoms with Gasteiger partial charge in [0.15, 0.2) is 11.6 Å². The highest BCUT2D eigenvalue weighted by Gasteiger charge is 2.32. The molecule has 4 aromatic rings. The van der Waals surface area contributed by atoms with Gasteiger partial charge in [0.2, 0.25) is 5.95 Å². The summed E-state index contributed by atoms with van der Waals surface area (Å²) in [5.41, 5.74) is 8.54. The zero-order valence-corrected chi connectivity index (χ0v) is 24.3. The van der Waals surface area contributed by atoms with Crippen molar-refractivity contribution in [3.63, 3.8) is 0 Å². The highest BCUT2D eigenvalue weighted by molar-refractivity contribution is 7.23. The maximum Gasteiger partial charge on any atom is 0.226 e. The van der Waals surface area contributed by atoms with Crippen LogP contribution in [0.25, 0.3) is 32.2 Å². The first-order valence-electron chi connectivity index (χ1n) is 13.6. The van der Waals surface area contributed by atoms with Gasteiger partial charge in [-0.05, 0) is 11.1 Å². The molecule has 0 saturated carbocycles. The lowest BCUT2D eigenvalue weighted by molar-refractivity contribution is 0.135. The molecule has 0 aliphatic carbocycles. The molecule has 3 aromatic heterocycles. The third-order valence-corrected chi connectivity index (χ3v) is 8.15. The first kappa shape index (κ1) is 29.4. The van der Waals surface area contributed by atoms with Crippen LogP contribution in [-0.4, -0.2) is 44.4 Å². The molecule has 4 N–H and O–H groups in total. The Morgan fingerprint density at radius 2 is 1.88 bits per heavy atom. The first-order valence-corrected chi connectivity index (χ1v) is 14.4. The van der Waals surface area contributed by atoms with E-state index in [4.69, 9.17) is 10.5 Å². The number of phenolic OH excluding ortho intramolecular Hbond substituents is 1.